The number of carboxylic acids is 1. The maximum Gasteiger partial charge on any atom is 0.318 e. The first-order valence-electron chi connectivity index (χ1n) is 6.99. The van der Waals surface area contributed by atoms with Gasteiger partial charge in [0.2, 0.25) is 10.0 Å². The van der Waals surface area contributed by atoms with Gasteiger partial charge in [0.1, 0.15) is 6.54 Å². The van der Waals surface area contributed by atoms with Gasteiger partial charge < -0.3 is 5.11 Å². The molecular formula is C15H21NO4S. The molecule has 0 unspecified atom stereocenters. The van der Waals surface area contributed by atoms with Crippen LogP contribution in [-0.4, -0.2) is 35.9 Å². The number of aliphatic carboxylic acids is 1. The second-order valence-corrected chi connectivity index (χ2v) is 8.22. The Kier molecular flexibility index (Phi) is 4.13. The molecule has 1 N–H and O–H groups in total. The molecule has 1 aromatic rings. The first kappa shape index (κ1) is 16.0. The van der Waals surface area contributed by atoms with Gasteiger partial charge >= 0.3 is 5.97 Å². The average molecular weight is 311 g/mol. The number of benzene rings is 1. The van der Waals surface area contributed by atoms with Gasteiger partial charge in [0.25, 0.3) is 0 Å². The lowest BCUT2D eigenvalue weighted by molar-refractivity contribution is -0.138. The molecule has 2 rings (SSSR count). The first-order chi connectivity index (χ1) is 9.62. The molecule has 116 valence electrons. The molecule has 0 amide bonds. The molecule has 0 spiro atoms. The summed E-state index contributed by atoms with van der Waals surface area (Å²) in [5.41, 5.74) is 1.45. The normalized spacial score (nSPS) is 15.2. The Morgan fingerprint density at radius 3 is 2.43 bits per heavy atom. The van der Waals surface area contributed by atoms with Gasteiger partial charge in [-0.05, 0) is 63.3 Å². The number of hydrogen-bond donors (Lipinski definition) is 1. The van der Waals surface area contributed by atoms with Gasteiger partial charge in [-0.25, -0.2) is 8.42 Å². The molecule has 1 aromatic carbocycles. The molecule has 0 atom stereocenters. The molecule has 0 saturated heterocycles. The van der Waals surface area contributed by atoms with Crippen LogP contribution in [0, 0.1) is 0 Å². The van der Waals surface area contributed by atoms with Gasteiger partial charge in [-0.15, -0.1) is 0 Å². The highest BCUT2D eigenvalue weighted by Gasteiger charge is 2.36. The topological polar surface area (TPSA) is 74.7 Å². The summed E-state index contributed by atoms with van der Waals surface area (Å²) in [5, 5.41) is 9.01. The zero-order valence-corrected chi connectivity index (χ0v) is 13.4. The Morgan fingerprint density at radius 2 is 1.86 bits per heavy atom. The van der Waals surface area contributed by atoms with E-state index in [1.54, 1.807) is 32.9 Å². The zero-order chi connectivity index (χ0) is 15.8. The minimum atomic E-state index is -3.82. The van der Waals surface area contributed by atoms with E-state index in [9.17, 15) is 13.2 Å². The molecule has 0 radical (unpaired) electrons. The lowest BCUT2D eigenvalue weighted by Crippen LogP contribution is -2.48. The number of hydrogen-bond acceptors (Lipinski definition) is 3. The summed E-state index contributed by atoms with van der Waals surface area (Å²) >= 11 is 0. The fourth-order valence-corrected chi connectivity index (χ4v) is 4.43. The Balaban J connectivity index is 2.45. The summed E-state index contributed by atoms with van der Waals surface area (Å²) in [6.45, 7) is 4.55. The minimum Gasteiger partial charge on any atom is -0.480 e. The lowest BCUT2D eigenvalue weighted by Gasteiger charge is -2.33. The van der Waals surface area contributed by atoms with Gasteiger partial charge in [-0.3, -0.25) is 4.79 Å². The van der Waals surface area contributed by atoms with Crippen molar-refractivity contribution in [2.24, 2.45) is 0 Å². The summed E-state index contributed by atoms with van der Waals surface area (Å²) in [6, 6.07) is 5.12. The second kappa shape index (κ2) is 5.42. The van der Waals surface area contributed by atoms with E-state index in [4.69, 9.17) is 5.11 Å². The van der Waals surface area contributed by atoms with Gasteiger partial charge in [0, 0.05) is 5.54 Å². The Labute approximate surface area is 125 Å². The van der Waals surface area contributed by atoms with Crippen molar-refractivity contribution >= 4 is 16.0 Å². The Bertz CT molecular complexity index is 659. The highest BCUT2D eigenvalue weighted by Crippen LogP contribution is 2.29. The standard InChI is InChI=1S/C15H21NO4S/c1-15(2,3)16(10-14(17)18)21(19,20)13-8-7-11-5-4-6-12(11)9-13/h7-9H,4-6,10H2,1-3H3,(H,17,18). The molecule has 5 nitrogen and oxygen atoms in total. The van der Waals surface area contributed by atoms with Crippen LogP contribution in [0.4, 0.5) is 0 Å². The molecule has 21 heavy (non-hydrogen) atoms. The van der Waals surface area contributed by atoms with Crippen LogP contribution in [0.2, 0.25) is 0 Å². The number of nitrogens with zero attached hydrogens (tertiary/aromatic N) is 1. The quantitative estimate of drug-likeness (QED) is 0.923. The number of fused-ring (bicyclic) bond motifs is 1. The minimum absolute atomic E-state index is 0.180. The van der Waals surface area contributed by atoms with Crippen molar-refractivity contribution in [3.05, 3.63) is 29.3 Å². The molecule has 0 heterocycles. The van der Waals surface area contributed by atoms with Crippen molar-refractivity contribution in [3.63, 3.8) is 0 Å². The fraction of sp³-hybridized carbons (Fsp3) is 0.533. The molecule has 6 heteroatoms. The smallest absolute Gasteiger partial charge is 0.318 e. The van der Waals surface area contributed by atoms with E-state index < -0.39 is 28.1 Å². The molecule has 0 saturated carbocycles. The van der Waals surface area contributed by atoms with E-state index in [1.807, 2.05) is 6.07 Å². The van der Waals surface area contributed by atoms with E-state index in [1.165, 1.54) is 5.56 Å². The van der Waals surface area contributed by atoms with E-state index in [0.717, 1.165) is 29.1 Å². The van der Waals surface area contributed by atoms with Crippen LogP contribution in [0.15, 0.2) is 23.1 Å². The molecule has 0 aliphatic heterocycles. The van der Waals surface area contributed by atoms with Crippen LogP contribution >= 0.6 is 0 Å². The maximum atomic E-state index is 12.8. The highest BCUT2D eigenvalue weighted by atomic mass is 32.2. The van der Waals surface area contributed by atoms with Crippen LogP contribution in [-0.2, 0) is 27.7 Å². The number of sulfonamides is 1. The van der Waals surface area contributed by atoms with Crippen LogP contribution in [0.25, 0.3) is 0 Å². The van der Waals surface area contributed by atoms with Crippen LogP contribution in [0.5, 0.6) is 0 Å². The largest absolute Gasteiger partial charge is 0.480 e. The molecule has 0 aromatic heterocycles. The van der Waals surface area contributed by atoms with Crippen LogP contribution in [0.3, 0.4) is 0 Å². The molecular weight excluding hydrogens is 290 g/mol. The van der Waals surface area contributed by atoms with E-state index in [0.29, 0.717) is 0 Å². The summed E-state index contributed by atoms with van der Waals surface area (Å²) in [7, 11) is -3.82. The number of rotatable bonds is 4. The van der Waals surface area contributed by atoms with E-state index >= 15 is 0 Å². The van der Waals surface area contributed by atoms with Crippen molar-refractivity contribution in [1.82, 2.24) is 4.31 Å². The van der Waals surface area contributed by atoms with Crippen molar-refractivity contribution in [2.45, 2.75) is 50.5 Å². The predicted octanol–water partition coefficient (Wildman–Crippen LogP) is 2.05. The van der Waals surface area contributed by atoms with E-state index in [2.05, 4.69) is 0 Å². The average Bonchev–Trinajstić information content (AvgIpc) is 2.81. The van der Waals surface area contributed by atoms with Gasteiger partial charge in [0.15, 0.2) is 0 Å². The second-order valence-electron chi connectivity index (χ2n) is 6.36. The third kappa shape index (κ3) is 3.27. The van der Waals surface area contributed by atoms with Crippen LogP contribution < -0.4 is 0 Å². The molecule has 1 aliphatic rings. The zero-order valence-electron chi connectivity index (χ0n) is 12.6. The van der Waals surface area contributed by atoms with Crippen LogP contribution in [0.1, 0.15) is 38.3 Å². The fourth-order valence-electron chi connectivity index (χ4n) is 2.64. The van der Waals surface area contributed by atoms with Gasteiger partial charge in [-0.1, -0.05) is 6.07 Å². The van der Waals surface area contributed by atoms with Gasteiger partial charge in [-0.2, -0.15) is 4.31 Å². The predicted molar refractivity (Wildman–Crippen MR) is 79.7 cm³/mol. The number of carbonyl (C=O) groups is 1. The summed E-state index contributed by atoms with van der Waals surface area (Å²) in [4.78, 5) is 11.2. The molecule has 0 bridgehead atoms. The number of carboxylic acid groups (broad SMARTS) is 1. The van der Waals surface area contributed by atoms with Crippen molar-refractivity contribution in [2.75, 3.05) is 6.54 Å². The maximum absolute atomic E-state index is 12.8. The summed E-state index contributed by atoms with van der Waals surface area (Å²) in [5.74, 6) is -1.16. The molecule has 1 aliphatic carbocycles. The molecule has 0 fully saturated rings. The highest BCUT2D eigenvalue weighted by molar-refractivity contribution is 7.89. The summed E-state index contributed by atoms with van der Waals surface area (Å²) < 4.78 is 26.6. The van der Waals surface area contributed by atoms with Gasteiger partial charge in [0.05, 0.1) is 4.90 Å². The third-order valence-corrected chi connectivity index (χ3v) is 5.79. The summed E-state index contributed by atoms with van der Waals surface area (Å²) in [6.07, 6.45) is 2.90. The van der Waals surface area contributed by atoms with E-state index in [-0.39, 0.29) is 4.90 Å². The monoisotopic (exact) mass is 311 g/mol. The Morgan fingerprint density at radius 1 is 1.24 bits per heavy atom. The Hall–Kier alpha value is -1.40. The first-order valence-corrected chi connectivity index (χ1v) is 8.43. The lowest BCUT2D eigenvalue weighted by atomic mass is 10.1. The third-order valence-electron chi connectivity index (χ3n) is 3.69. The van der Waals surface area contributed by atoms with Crippen molar-refractivity contribution in [1.29, 1.82) is 0 Å². The van der Waals surface area contributed by atoms with Crippen molar-refractivity contribution < 1.29 is 18.3 Å². The number of aryl methyl sites for hydroxylation is 2. The van der Waals surface area contributed by atoms with Crippen molar-refractivity contribution in [3.8, 4) is 0 Å². The SMILES string of the molecule is CC(C)(C)N(CC(=O)O)S(=O)(=O)c1ccc2c(c1)CCC2.